The van der Waals surface area contributed by atoms with Crippen molar-refractivity contribution in [1.82, 2.24) is 24.6 Å². The molecule has 1 aromatic carbocycles. The minimum atomic E-state index is -1.10. The molecule has 8 nitrogen and oxygen atoms in total. The largest absolute Gasteiger partial charge is 0.376 e. The summed E-state index contributed by atoms with van der Waals surface area (Å²) in [6.07, 6.45) is 3.21. The van der Waals surface area contributed by atoms with Crippen LogP contribution in [0, 0.1) is 23.3 Å². The van der Waals surface area contributed by atoms with Crippen molar-refractivity contribution in [3.63, 3.8) is 0 Å². The number of likely N-dealkylation sites (N-methyl/N-ethyl adjacent to an activating group) is 1. The molecule has 0 radical (unpaired) electrons. The summed E-state index contributed by atoms with van der Waals surface area (Å²) in [6, 6.07) is 1.07. The number of rotatable bonds is 8. The highest BCUT2D eigenvalue weighted by Gasteiger charge is 2.14. The van der Waals surface area contributed by atoms with Crippen molar-refractivity contribution in [2.45, 2.75) is 19.3 Å². The van der Waals surface area contributed by atoms with E-state index in [0.29, 0.717) is 17.8 Å². The van der Waals surface area contributed by atoms with Gasteiger partial charge in [0.05, 0.1) is 24.6 Å². The second kappa shape index (κ2) is 9.05. The molecule has 0 bridgehead atoms. The number of hydrogen-bond acceptors (Lipinski definition) is 7. The zero-order valence-electron chi connectivity index (χ0n) is 16.1. The summed E-state index contributed by atoms with van der Waals surface area (Å²) in [6.45, 7) is -0.230. The highest BCUT2D eigenvalue weighted by Crippen LogP contribution is 2.19. The van der Waals surface area contributed by atoms with Gasteiger partial charge in [-0.2, -0.15) is 10.1 Å². The highest BCUT2D eigenvalue weighted by atomic mass is 19.1. The van der Waals surface area contributed by atoms with E-state index in [1.807, 2.05) is 0 Å². The van der Waals surface area contributed by atoms with Gasteiger partial charge < -0.3 is 15.7 Å². The molecule has 3 rings (SSSR count). The smallest absolute Gasteiger partial charge is 0.229 e. The summed E-state index contributed by atoms with van der Waals surface area (Å²) < 4.78 is 55.9. The number of nitrogens with zero attached hydrogens (tertiary/aromatic N) is 5. The second-order valence-electron chi connectivity index (χ2n) is 6.61. The van der Waals surface area contributed by atoms with E-state index in [9.17, 15) is 22.7 Å². The quantitative estimate of drug-likeness (QED) is 0.377. The second-order valence-corrected chi connectivity index (χ2v) is 6.61. The molecule has 0 fully saturated rings. The monoisotopic (exact) mass is 425 g/mol. The first-order chi connectivity index (χ1) is 14.2. The lowest BCUT2D eigenvalue weighted by atomic mass is 10.2. The SMILES string of the molecule is CN(C)C(O)Cn1cc(Nc2ncc(F)c(NCc3c(F)cc(F)cc3F)n2)cn1. The van der Waals surface area contributed by atoms with Gasteiger partial charge in [0.15, 0.2) is 11.6 Å². The molecule has 3 N–H and O–H groups in total. The Labute approximate surface area is 169 Å². The maximum atomic E-state index is 14.0. The van der Waals surface area contributed by atoms with Crippen LogP contribution in [0.2, 0.25) is 0 Å². The summed E-state index contributed by atoms with van der Waals surface area (Å²) in [4.78, 5) is 9.35. The van der Waals surface area contributed by atoms with Gasteiger partial charge >= 0.3 is 0 Å². The van der Waals surface area contributed by atoms with Crippen molar-refractivity contribution < 1.29 is 22.7 Å². The lowest BCUT2D eigenvalue weighted by Crippen LogP contribution is -2.31. The number of halogens is 4. The van der Waals surface area contributed by atoms with Gasteiger partial charge in [0.2, 0.25) is 5.95 Å². The van der Waals surface area contributed by atoms with Crippen LogP contribution >= 0.6 is 0 Å². The van der Waals surface area contributed by atoms with Gasteiger partial charge in [-0.15, -0.1) is 0 Å². The van der Waals surface area contributed by atoms with E-state index in [0.717, 1.165) is 6.20 Å². The topological polar surface area (TPSA) is 91.1 Å². The predicted molar refractivity (Wildman–Crippen MR) is 101 cm³/mol. The average molecular weight is 425 g/mol. The molecule has 12 heteroatoms. The summed E-state index contributed by atoms with van der Waals surface area (Å²) >= 11 is 0. The van der Waals surface area contributed by atoms with Gasteiger partial charge in [-0.05, 0) is 14.1 Å². The third-order valence-corrected chi connectivity index (χ3v) is 4.12. The molecule has 2 heterocycles. The van der Waals surface area contributed by atoms with Crippen LogP contribution in [-0.4, -0.2) is 50.1 Å². The standard InChI is InChI=1S/C18H19F4N7O/c1-28(2)16(30)9-29-8-11(5-25-29)26-18-24-7-15(22)17(27-18)23-6-12-13(20)3-10(19)4-14(12)21/h3-5,7-8,16,30H,6,9H2,1-2H3,(H2,23,24,26,27). The van der Waals surface area contributed by atoms with Crippen LogP contribution in [0.15, 0.2) is 30.7 Å². The highest BCUT2D eigenvalue weighted by molar-refractivity contribution is 5.52. The molecule has 30 heavy (non-hydrogen) atoms. The van der Waals surface area contributed by atoms with Gasteiger partial charge in [0, 0.05) is 30.4 Å². The molecule has 1 unspecified atom stereocenters. The van der Waals surface area contributed by atoms with Crippen LogP contribution in [0.5, 0.6) is 0 Å². The first kappa shape index (κ1) is 21.5. The van der Waals surface area contributed by atoms with Crippen LogP contribution < -0.4 is 10.6 Å². The maximum Gasteiger partial charge on any atom is 0.229 e. The van der Waals surface area contributed by atoms with Gasteiger partial charge in [0.1, 0.15) is 23.7 Å². The van der Waals surface area contributed by atoms with Crippen molar-refractivity contribution >= 4 is 17.5 Å². The Morgan fingerprint density at radius 3 is 2.47 bits per heavy atom. The van der Waals surface area contributed by atoms with Crippen LogP contribution in [0.4, 0.5) is 35.0 Å². The zero-order chi connectivity index (χ0) is 21.8. The number of nitrogens with one attached hydrogen (secondary N) is 2. The van der Waals surface area contributed by atoms with Crippen LogP contribution in [-0.2, 0) is 13.1 Å². The Balaban J connectivity index is 1.69. The number of anilines is 3. The molecular formula is C18H19F4N7O. The first-order valence-corrected chi connectivity index (χ1v) is 8.76. The molecule has 0 saturated carbocycles. The van der Waals surface area contributed by atoms with Crippen molar-refractivity contribution in [3.8, 4) is 0 Å². The van der Waals surface area contributed by atoms with Crippen LogP contribution in [0.1, 0.15) is 5.56 Å². The molecule has 3 aromatic rings. The third kappa shape index (κ3) is 5.21. The first-order valence-electron chi connectivity index (χ1n) is 8.76. The summed E-state index contributed by atoms with van der Waals surface area (Å²) in [5.41, 5.74) is 0.0267. The van der Waals surface area contributed by atoms with E-state index in [1.54, 1.807) is 25.2 Å². The number of benzene rings is 1. The van der Waals surface area contributed by atoms with Crippen molar-refractivity contribution in [2.24, 2.45) is 0 Å². The van der Waals surface area contributed by atoms with E-state index in [1.165, 1.54) is 10.9 Å². The Hall–Kier alpha value is -3.25. The minimum absolute atomic E-state index is 0.00616. The Morgan fingerprint density at radius 1 is 1.10 bits per heavy atom. The van der Waals surface area contributed by atoms with E-state index >= 15 is 0 Å². The minimum Gasteiger partial charge on any atom is -0.376 e. The Morgan fingerprint density at radius 2 is 1.80 bits per heavy atom. The normalized spacial score (nSPS) is 12.3. The average Bonchev–Trinajstić information content (AvgIpc) is 3.10. The lowest BCUT2D eigenvalue weighted by molar-refractivity contribution is 0.0232. The van der Waals surface area contributed by atoms with Crippen LogP contribution in [0.25, 0.3) is 0 Å². The summed E-state index contributed by atoms with van der Waals surface area (Å²) in [5, 5.41) is 19.2. The molecule has 0 amide bonds. The lowest BCUT2D eigenvalue weighted by Gasteiger charge is -2.17. The van der Waals surface area contributed by atoms with Crippen molar-refractivity contribution in [3.05, 3.63) is 59.6 Å². The summed E-state index contributed by atoms with van der Waals surface area (Å²) in [7, 11) is 3.44. The van der Waals surface area contributed by atoms with Gasteiger partial charge in [-0.3, -0.25) is 9.58 Å². The zero-order valence-corrected chi connectivity index (χ0v) is 16.1. The third-order valence-electron chi connectivity index (χ3n) is 4.12. The maximum absolute atomic E-state index is 14.0. The van der Waals surface area contributed by atoms with Crippen LogP contribution in [0.3, 0.4) is 0 Å². The molecule has 1 atom stereocenters. The molecule has 0 spiro atoms. The van der Waals surface area contributed by atoms with E-state index in [-0.39, 0.29) is 18.3 Å². The number of aliphatic hydroxyl groups is 1. The fourth-order valence-corrected chi connectivity index (χ4v) is 2.45. The van der Waals surface area contributed by atoms with E-state index < -0.39 is 41.6 Å². The molecule has 0 saturated heterocycles. The van der Waals surface area contributed by atoms with Gasteiger partial charge in [0.25, 0.3) is 0 Å². The molecule has 2 aromatic heterocycles. The van der Waals surface area contributed by atoms with Crippen molar-refractivity contribution in [2.75, 3.05) is 24.7 Å². The molecule has 0 aliphatic heterocycles. The number of hydrogen-bond donors (Lipinski definition) is 3. The molecule has 160 valence electrons. The number of aliphatic hydroxyl groups excluding tert-OH is 1. The Kier molecular flexibility index (Phi) is 6.47. The number of aromatic nitrogens is 4. The molecule has 0 aliphatic rings. The molecule has 0 aliphatic carbocycles. The van der Waals surface area contributed by atoms with E-state index in [4.69, 9.17) is 0 Å². The molecular weight excluding hydrogens is 406 g/mol. The summed E-state index contributed by atoms with van der Waals surface area (Å²) in [5.74, 6) is -4.38. The fraction of sp³-hybridized carbons (Fsp3) is 0.278. The van der Waals surface area contributed by atoms with Gasteiger partial charge in [-0.1, -0.05) is 0 Å². The van der Waals surface area contributed by atoms with Gasteiger partial charge in [-0.25, -0.2) is 22.5 Å². The predicted octanol–water partition coefficient (Wildman–Crippen LogP) is 2.47. The Bertz CT molecular complexity index is 1000. The fourth-order valence-electron chi connectivity index (χ4n) is 2.45. The van der Waals surface area contributed by atoms with Crippen molar-refractivity contribution in [1.29, 1.82) is 0 Å². The van der Waals surface area contributed by atoms with E-state index in [2.05, 4.69) is 25.7 Å².